The van der Waals surface area contributed by atoms with Crippen LogP contribution in [-0.2, 0) is 4.79 Å². The quantitative estimate of drug-likeness (QED) is 0.940. The molecule has 1 aliphatic heterocycles. The zero-order valence-corrected chi connectivity index (χ0v) is 12.6. The van der Waals surface area contributed by atoms with Crippen LogP contribution in [-0.4, -0.2) is 17.2 Å². The third kappa shape index (κ3) is 2.55. The van der Waals surface area contributed by atoms with Crippen molar-refractivity contribution in [1.29, 1.82) is 0 Å². The van der Waals surface area contributed by atoms with E-state index in [1.165, 1.54) is 0 Å². The Balaban J connectivity index is 1.94. The second-order valence-corrected chi connectivity index (χ2v) is 5.50. The van der Waals surface area contributed by atoms with Crippen molar-refractivity contribution < 1.29 is 9.90 Å². The molecule has 0 fully saturated rings. The summed E-state index contributed by atoms with van der Waals surface area (Å²) in [4.78, 5) is 15.3. The third-order valence-corrected chi connectivity index (χ3v) is 3.80. The van der Waals surface area contributed by atoms with Gasteiger partial charge in [-0.15, -0.1) is 0 Å². The second-order valence-electron chi connectivity index (χ2n) is 5.50. The van der Waals surface area contributed by atoms with Gasteiger partial charge >= 0.3 is 5.97 Å². The van der Waals surface area contributed by atoms with E-state index in [-0.39, 0.29) is 0 Å². The van der Waals surface area contributed by atoms with Crippen molar-refractivity contribution in [2.24, 2.45) is 0 Å². The van der Waals surface area contributed by atoms with Crippen LogP contribution in [0.3, 0.4) is 0 Å². The highest BCUT2D eigenvalue weighted by molar-refractivity contribution is 5.85. The van der Waals surface area contributed by atoms with Gasteiger partial charge in [-0.2, -0.15) is 0 Å². The Morgan fingerprint density at radius 3 is 1.50 bits per heavy atom. The van der Waals surface area contributed by atoms with Crippen LogP contribution in [0.15, 0.2) is 60.9 Å². The highest BCUT2D eigenvalue weighted by Crippen LogP contribution is 2.29. The number of carboxylic acid groups (broad SMARTS) is 1. The van der Waals surface area contributed by atoms with Crippen LogP contribution < -0.4 is 9.80 Å². The molecule has 0 amide bonds. The number of carboxylic acids is 1. The lowest BCUT2D eigenvalue weighted by Gasteiger charge is -2.29. The summed E-state index contributed by atoms with van der Waals surface area (Å²) in [6, 6.07) is 15.7. The number of nitrogens with zero attached hydrogens (tertiary/aromatic N) is 2. The lowest BCUT2D eigenvalue weighted by Crippen LogP contribution is -2.45. The predicted octanol–water partition coefficient (Wildman–Crippen LogP) is 3.51. The van der Waals surface area contributed by atoms with E-state index in [2.05, 4.69) is 0 Å². The van der Waals surface area contributed by atoms with Crippen molar-refractivity contribution in [1.82, 2.24) is 0 Å². The van der Waals surface area contributed by atoms with Gasteiger partial charge in [0, 0.05) is 23.8 Å². The van der Waals surface area contributed by atoms with Gasteiger partial charge in [0.15, 0.2) is 0 Å². The van der Waals surface area contributed by atoms with Crippen LogP contribution in [0, 0.1) is 13.8 Å². The minimum atomic E-state index is -0.883. The van der Waals surface area contributed by atoms with Crippen molar-refractivity contribution >= 4 is 17.3 Å². The number of rotatable bonds is 3. The summed E-state index contributed by atoms with van der Waals surface area (Å²) < 4.78 is 0. The Morgan fingerprint density at radius 2 is 1.18 bits per heavy atom. The minimum Gasteiger partial charge on any atom is -0.478 e. The molecule has 22 heavy (non-hydrogen) atoms. The van der Waals surface area contributed by atoms with E-state index in [4.69, 9.17) is 0 Å². The highest BCUT2D eigenvalue weighted by Gasteiger charge is 2.34. The summed E-state index contributed by atoms with van der Waals surface area (Å²) in [5.74, 6) is -0.883. The third-order valence-electron chi connectivity index (χ3n) is 3.80. The summed E-state index contributed by atoms with van der Waals surface area (Å²) in [5.41, 5.74) is 4.02. The zero-order chi connectivity index (χ0) is 15.7. The molecule has 2 aromatic carbocycles. The molecule has 4 heteroatoms. The molecule has 1 aliphatic rings. The van der Waals surface area contributed by atoms with Crippen molar-refractivity contribution in [2.45, 2.75) is 20.0 Å². The Hall–Kier alpha value is -2.75. The molecule has 0 aliphatic carbocycles. The van der Waals surface area contributed by atoms with E-state index in [1.807, 2.05) is 74.8 Å². The highest BCUT2D eigenvalue weighted by atomic mass is 16.4. The fraction of sp³-hybridized carbons (Fsp3) is 0.167. The molecule has 0 spiro atoms. The molecule has 0 radical (unpaired) electrons. The molecule has 0 atom stereocenters. The van der Waals surface area contributed by atoms with Gasteiger partial charge in [0.2, 0.25) is 6.17 Å². The SMILES string of the molecule is Cc1ccc(N2C=CN(c3ccc(C)cc3)C2C(=O)O)cc1. The van der Waals surface area contributed by atoms with Crippen LogP contribution in [0.5, 0.6) is 0 Å². The fourth-order valence-electron chi connectivity index (χ4n) is 2.57. The maximum absolute atomic E-state index is 11.8. The number of benzene rings is 2. The summed E-state index contributed by atoms with van der Waals surface area (Å²) >= 11 is 0. The lowest BCUT2D eigenvalue weighted by atomic mass is 10.2. The second kappa shape index (κ2) is 5.56. The van der Waals surface area contributed by atoms with Gasteiger partial charge in [-0.1, -0.05) is 35.4 Å². The zero-order valence-electron chi connectivity index (χ0n) is 12.6. The largest absolute Gasteiger partial charge is 0.478 e. The first-order chi connectivity index (χ1) is 10.6. The molecule has 2 aromatic rings. The Kier molecular flexibility index (Phi) is 3.59. The standard InChI is InChI=1S/C18H18N2O2/c1-13-3-7-15(8-4-13)19-11-12-20(17(19)18(21)22)16-9-5-14(2)6-10-16/h3-12,17H,1-2H3,(H,21,22). The van der Waals surface area contributed by atoms with Crippen molar-refractivity contribution in [3.8, 4) is 0 Å². The molecule has 4 nitrogen and oxygen atoms in total. The molecular weight excluding hydrogens is 276 g/mol. The molecule has 0 saturated carbocycles. The number of aliphatic carboxylic acids is 1. The Labute approximate surface area is 129 Å². The molecule has 3 rings (SSSR count). The van der Waals surface area contributed by atoms with Crippen LogP contribution >= 0.6 is 0 Å². The normalized spacial score (nSPS) is 14.6. The van der Waals surface area contributed by atoms with Crippen LogP contribution in [0.4, 0.5) is 11.4 Å². The molecule has 112 valence electrons. The molecule has 1 N–H and O–H groups in total. The number of hydrogen-bond acceptors (Lipinski definition) is 3. The van der Waals surface area contributed by atoms with Gasteiger partial charge in [0.05, 0.1) is 0 Å². The molecular formula is C18H18N2O2. The average molecular weight is 294 g/mol. The molecule has 0 unspecified atom stereocenters. The number of aryl methyl sites for hydroxylation is 2. The monoisotopic (exact) mass is 294 g/mol. The van der Waals surface area contributed by atoms with Gasteiger partial charge in [0.1, 0.15) is 0 Å². The maximum Gasteiger partial charge on any atom is 0.348 e. The summed E-state index contributed by atoms with van der Waals surface area (Å²) in [6.45, 7) is 4.02. The minimum absolute atomic E-state index is 0.773. The number of anilines is 2. The van der Waals surface area contributed by atoms with Crippen molar-refractivity contribution in [3.63, 3.8) is 0 Å². The van der Waals surface area contributed by atoms with Crippen molar-refractivity contribution in [3.05, 3.63) is 72.1 Å². The van der Waals surface area contributed by atoms with Gasteiger partial charge in [-0.25, -0.2) is 4.79 Å². The molecule has 0 bridgehead atoms. The number of hydrogen-bond donors (Lipinski definition) is 1. The summed E-state index contributed by atoms with van der Waals surface area (Å²) in [5, 5.41) is 9.66. The maximum atomic E-state index is 11.8. The van der Waals surface area contributed by atoms with Crippen LogP contribution in [0.25, 0.3) is 0 Å². The summed E-state index contributed by atoms with van der Waals surface area (Å²) in [7, 11) is 0. The average Bonchev–Trinajstić information content (AvgIpc) is 2.94. The van der Waals surface area contributed by atoms with E-state index in [9.17, 15) is 9.90 Å². The lowest BCUT2D eigenvalue weighted by molar-refractivity contribution is -0.138. The van der Waals surface area contributed by atoms with Crippen LogP contribution in [0.1, 0.15) is 11.1 Å². The number of carbonyl (C=O) groups is 1. The van der Waals surface area contributed by atoms with Gasteiger partial charge in [-0.05, 0) is 38.1 Å². The topological polar surface area (TPSA) is 43.8 Å². The smallest absolute Gasteiger partial charge is 0.348 e. The van der Waals surface area contributed by atoms with E-state index in [1.54, 1.807) is 9.80 Å². The molecule has 1 heterocycles. The molecule has 0 aromatic heterocycles. The first-order valence-electron chi connectivity index (χ1n) is 7.17. The van der Waals surface area contributed by atoms with E-state index >= 15 is 0 Å². The fourth-order valence-corrected chi connectivity index (χ4v) is 2.57. The van der Waals surface area contributed by atoms with Crippen LogP contribution in [0.2, 0.25) is 0 Å². The Morgan fingerprint density at radius 1 is 0.818 bits per heavy atom. The summed E-state index contributed by atoms with van der Waals surface area (Å²) in [6.07, 6.45) is 2.84. The predicted molar refractivity (Wildman–Crippen MR) is 87.9 cm³/mol. The van der Waals surface area contributed by atoms with E-state index in [0.29, 0.717) is 0 Å². The molecule has 0 saturated heterocycles. The van der Waals surface area contributed by atoms with Gasteiger partial charge in [0.25, 0.3) is 0 Å². The van der Waals surface area contributed by atoms with Gasteiger partial charge < -0.3 is 14.9 Å². The first-order valence-corrected chi connectivity index (χ1v) is 7.17. The van der Waals surface area contributed by atoms with E-state index in [0.717, 1.165) is 22.5 Å². The van der Waals surface area contributed by atoms with Crippen molar-refractivity contribution in [2.75, 3.05) is 9.80 Å². The first kappa shape index (κ1) is 14.2. The Bertz CT molecular complexity index is 649. The van der Waals surface area contributed by atoms with Gasteiger partial charge in [-0.3, -0.25) is 0 Å². The van der Waals surface area contributed by atoms with E-state index < -0.39 is 12.1 Å².